The molecular formula is C32H52O7. The fraction of sp³-hybridized carbons (Fsp3) is 0.906. The van der Waals surface area contributed by atoms with E-state index in [0.29, 0.717) is 32.1 Å². The van der Waals surface area contributed by atoms with Gasteiger partial charge in [0.1, 0.15) is 0 Å². The van der Waals surface area contributed by atoms with Gasteiger partial charge < -0.3 is 29.9 Å². The van der Waals surface area contributed by atoms with Crippen LogP contribution < -0.4 is 0 Å². The second-order valence-corrected chi connectivity index (χ2v) is 15.2. The Kier molecular flexibility index (Phi) is 6.81. The molecule has 0 aromatic rings. The van der Waals surface area contributed by atoms with Crippen LogP contribution in [0.4, 0.5) is 0 Å². The third-order valence-corrected chi connectivity index (χ3v) is 14.0. The first-order chi connectivity index (χ1) is 18.0. The Morgan fingerprint density at radius 3 is 2.23 bits per heavy atom. The number of carboxylic acid groups (broad SMARTS) is 1. The Morgan fingerprint density at radius 1 is 1.00 bits per heavy atom. The molecule has 0 amide bonds. The van der Waals surface area contributed by atoms with Crippen molar-refractivity contribution in [2.75, 3.05) is 14.2 Å². The minimum atomic E-state index is -1.12. The summed E-state index contributed by atoms with van der Waals surface area (Å²) in [5.74, 6) is -1.24. The maximum atomic E-state index is 12.9. The lowest BCUT2D eigenvalue weighted by atomic mass is 9.32. The molecule has 0 aliphatic heterocycles. The highest BCUT2D eigenvalue weighted by Crippen LogP contribution is 2.76. The van der Waals surface area contributed by atoms with Crippen LogP contribution in [0.2, 0.25) is 0 Å². The van der Waals surface area contributed by atoms with Gasteiger partial charge in [0, 0.05) is 26.1 Å². The molecular weight excluding hydrogens is 496 g/mol. The Bertz CT molecular complexity index is 1040. The van der Waals surface area contributed by atoms with Crippen molar-refractivity contribution in [3.63, 3.8) is 0 Å². The van der Waals surface area contributed by atoms with E-state index in [1.54, 1.807) is 14.2 Å². The molecule has 0 radical (unpaired) electrons. The predicted octanol–water partition coefficient (Wildman–Crippen LogP) is 4.77. The first-order valence-corrected chi connectivity index (χ1v) is 15.1. The smallest absolute Gasteiger partial charge is 0.310 e. The molecule has 4 fully saturated rings. The van der Waals surface area contributed by atoms with Gasteiger partial charge in [0.05, 0.1) is 28.6 Å². The van der Waals surface area contributed by atoms with Crippen molar-refractivity contribution in [1.29, 1.82) is 0 Å². The Labute approximate surface area is 234 Å². The van der Waals surface area contributed by atoms with E-state index in [4.69, 9.17) is 9.47 Å². The highest BCUT2D eigenvalue weighted by atomic mass is 16.7. The lowest BCUT2D eigenvalue weighted by molar-refractivity contribution is -0.304. The minimum Gasteiger partial charge on any atom is -0.481 e. The van der Waals surface area contributed by atoms with Crippen molar-refractivity contribution in [2.24, 2.45) is 50.7 Å². The van der Waals surface area contributed by atoms with Crippen molar-refractivity contribution in [3.05, 3.63) is 11.6 Å². The lowest BCUT2D eigenvalue weighted by Gasteiger charge is -2.72. The second kappa shape index (κ2) is 9.00. The fourth-order valence-electron chi connectivity index (χ4n) is 11.7. The van der Waals surface area contributed by atoms with Gasteiger partial charge in [-0.05, 0) is 86.4 Å². The van der Waals surface area contributed by atoms with Gasteiger partial charge in [-0.15, -0.1) is 0 Å². The number of rotatable bonds is 4. The monoisotopic (exact) mass is 548 g/mol. The van der Waals surface area contributed by atoms with Crippen LogP contribution in [0.3, 0.4) is 0 Å². The lowest BCUT2D eigenvalue weighted by Crippen LogP contribution is -2.71. The van der Waals surface area contributed by atoms with Crippen LogP contribution in [-0.2, 0) is 14.3 Å². The fourth-order valence-corrected chi connectivity index (χ4v) is 11.7. The van der Waals surface area contributed by atoms with E-state index >= 15 is 0 Å². The van der Waals surface area contributed by atoms with Gasteiger partial charge in [0.25, 0.3) is 0 Å². The summed E-state index contributed by atoms with van der Waals surface area (Å²) in [5.41, 5.74) is -2.70. The predicted molar refractivity (Wildman–Crippen MR) is 148 cm³/mol. The molecule has 5 aliphatic rings. The summed E-state index contributed by atoms with van der Waals surface area (Å²) >= 11 is 0. The van der Waals surface area contributed by atoms with Crippen molar-refractivity contribution in [1.82, 2.24) is 0 Å². The molecule has 39 heavy (non-hydrogen) atoms. The zero-order valence-electron chi connectivity index (χ0n) is 25.3. The van der Waals surface area contributed by atoms with Crippen molar-refractivity contribution in [3.8, 4) is 0 Å². The number of aliphatic hydroxyl groups is 3. The average Bonchev–Trinajstić information content (AvgIpc) is 2.85. The van der Waals surface area contributed by atoms with Crippen LogP contribution >= 0.6 is 0 Å². The number of ether oxygens (including phenoxy) is 2. The van der Waals surface area contributed by atoms with Gasteiger partial charge in [-0.25, -0.2) is 0 Å². The van der Waals surface area contributed by atoms with Gasteiger partial charge in [-0.3, -0.25) is 4.79 Å². The number of hydrogen-bond donors (Lipinski definition) is 4. The molecule has 4 N–H and O–H groups in total. The molecule has 0 aromatic heterocycles. The van der Waals surface area contributed by atoms with Gasteiger partial charge in [0.15, 0.2) is 6.29 Å². The first kappa shape index (κ1) is 29.5. The molecule has 0 unspecified atom stereocenters. The molecule has 12 atom stereocenters. The minimum absolute atomic E-state index is 0.00293. The van der Waals surface area contributed by atoms with E-state index < -0.39 is 46.8 Å². The molecule has 0 aromatic carbocycles. The number of carbonyl (C=O) groups is 1. The van der Waals surface area contributed by atoms with Gasteiger partial charge in [-0.2, -0.15) is 0 Å². The summed E-state index contributed by atoms with van der Waals surface area (Å²) in [6.45, 7) is 12.8. The summed E-state index contributed by atoms with van der Waals surface area (Å²) < 4.78 is 11.5. The van der Waals surface area contributed by atoms with E-state index in [9.17, 15) is 25.2 Å². The summed E-state index contributed by atoms with van der Waals surface area (Å²) in [5, 5.41) is 46.0. The molecule has 7 heteroatoms. The molecule has 5 rings (SSSR count). The highest BCUT2D eigenvalue weighted by Gasteiger charge is 2.73. The van der Waals surface area contributed by atoms with Crippen molar-refractivity contribution in [2.45, 2.75) is 117 Å². The number of allylic oxidation sites excluding steroid dienone is 1. The topological polar surface area (TPSA) is 116 Å². The van der Waals surface area contributed by atoms with Gasteiger partial charge in [0.2, 0.25) is 0 Å². The summed E-state index contributed by atoms with van der Waals surface area (Å²) in [4.78, 5) is 12.9. The third kappa shape index (κ3) is 3.43. The number of methoxy groups -OCH3 is 2. The summed E-state index contributed by atoms with van der Waals surface area (Å²) in [6.07, 6.45) is 5.60. The number of carboxylic acids is 1. The van der Waals surface area contributed by atoms with Crippen LogP contribution in [0.25, 0.3) is 0 Å². The number of fused-ring (bicyclic) bond motifs is 7. The normalized spacial score (nSPS) is 55.1. The largest absolute Gasteiger partial charge is 0.481 e. The van der Waals surface area contributed by atoms with Crippen LogP contribution in [0.5, 0.6) is 0 Å². The summed E-state index contributed by atoms with van der Waals surface area (Å²) in [6, 6.07) is 0. The van der Waals surface area contributed by atoms with Crippen molar-refractivity contribution >= 4 is 5.97 Å². The molecule has 222 valence electrons. The average molecular weight is 549 g/mol. The van der Waals surface area contributed by atoms with E-state index in [1.807, 2.05) is 13.8 Å². The number of hydrogen-bond acceptors (Lipinski definition) is 6. The zero-order valence-corrected chi connectivity index (χ0v) is 25.3. The van der Waals surface area contributed by atoms with Crippen LogP contribution in [0, 0.1) is 50.7 Å². The Morgan fingerprint density at radius 2 is 1.64 bits per heavy atom. The van der Waals surface area contributed by atoms with E-state index in [-0.39, 0.29) is 34.0 Å². The Balaban J connectivity index is 1.66. The van der Waals surface area contributed by atoms with Gasteiger partial charge in [-0.1, -0.05) is 46.3 Å². The number of aliphatic hydroxyl groups excluding tert-OH is 2. The molecule has 0 heterocycles. The third-order valence-electron chi connectivity index (χ3n) is 14.0. The van der Waals surface area contributed by atoms with Crippen LogP contribution in [-0.4, -0.2) is 64.7 Å². The summed E-state index contributed by atoms with van der Waals surface area (Å²) in [7, 11) is 3.20. The van der Waals surface area contributed by atoms with E-state index in [1.165, 1.54) is 0 Å². The first-order valence-electron chi connectivity index (χ1n) is 15.1. The highest BCUT2D eigenvalue weighted by molar-refractivity contribution is 5.77. The van der Waals surface area contributed by atoms with Crippen LogP contribution in [0.1, 0.15) is 92.9 Å². The quantitative estimate of drug-likeness (QED) is 0.295. The Hall–Kier alpha value is -0.990. The SMILES string of the molecule is COC(OC)[C@@]1(C)[C@@H]2[C@H](O)C[C@]3(C)[C@H](CC=C4[C@H]5[C@](C(=O)O)(CC[C@@H](C)[C@@]5(C)O)CC[C@]43C)[C@@]2(C)CC[C@@H]1O. The molecule has 0 bridgehead atoms. The standard InChI is InChI=1S/C32H52O7/c1-18-11-14-32(25(35)36)16-15-28(3)19(23(32)31(18,6)37)9-10-21-27(2)13-12-22(34)30(5,26(38-7)39-8)24(27)20(33)17-29(21,28)4/h9,18,20-24,26,33-34,37H,10-17H2,1-8H3,(H,35,36)/t18-,20-,21-,22+,23-,24-,27-,28-,29-,30-,31-,32+/m1/s1. The van der Waals surface area contributed by atoms with E-state index in [2.05, 4.69) is 33.8 Å². The zero-order chi connectivity index (χ0) is 29.0. The van der Waals surface area contributed by atoms with E-state index in [0.717, 1.165) is 24.8 Å². The molecule has 4 saturated carbocycles. The van der Waals surface area contributed by atoms with Crippen molar-refractivity contribution < 1.29 is 34.7 Å². The molecule has 5 aliphatic carbocycles. The maximum absolute atomic E-state index is 12.9. The molecule has 7 nitrogen and oxygen atoms in total. The second-order valence-electron chi connectivity index (χ2n) is 15.2. The van der Waals surface area contributed by atoms with Gasteiger partial charge >= 0.3 is 5.97 Å². The molecule has 0 saturated heterocycles. The molecule has 0 spiro atoms. The maximum Gasteiger partial charge on any atom is 0.310 e. The van der Waals surface area contributed by atoms with Crippen LogP contribution in [0.15, 0.2) is 11.6 Å². The number of aliphatic carboxylic acids is 1.